The van der Waals surface area contributed by atoms with Crippen LogP contribution in [0.2, 0.25) is 0 Å². The zero-order valence-corrected chi connectivity index (χ0v) is 23.4. The van der Waals surface area contributed by atoms with E-state index in [1.165, 1.54) is 0 Å². The van der Waals surface area contributed by atoms with Gasteiger partial charge in [-0.2, -0.15) is 0 Å². The molecule has 2 N–H and O–H groups in total. The van der Waals surface area contributed by atoms with Gasteiger partial charge in [0.1, 0.15) is 11.6 Å². The van der Waals surface area contributed by atoms with Gasteiger partial charge in [-0.05, 0) is 51.1 Å². The number of benzene rings is 1. The van der Waals surface area contributed by atoms with E-state index in [0.29, 0.717) is 30.8 Å². The Morgan fingerprint density at radius 1 is 1.03 bits per heavy atom. The Morgan fingerprint density at radius 3 is 2.46 bits per heavy atom. The van der Waals surface area contributed by atoms with Gasteiger partial charge in [0.05, 0.1) is 25.4 Å². The van der Waals surface area contributed by atoms with Gasteiger partial charge in [0.15, 0.2) is 22.8 Å². The minimum Gasteiger partial charge on any atom is -0.383 e. The van der Waals surface area contributed by atoms with Crippen molar-refractivity contribution >= 4 is 33.6 Å². The minimum absolute atomic E-state index is 0.0931. The van der Waals surface area contributed by atoms with Crippen LogP contribution < -0.4 is 10.6 Å². The SMILES string of the molecule is COC(C)(C)C1CCN(Cc2nc3c(N4CCOCC4)nc(-c4cnc(N)c5ccccc45)nc3n2C)CC1. The van der Waals surface area contributed by atoms with E-state index < -0.39 is 0 Å². The lowest BCUT2D eigenvalue weighted by Crippen LogP contribution is -2.42. The molecule has 0 atom stereocenters. The number of aromatic nitrogens is 5. The predicted molar refractivity (Wildman–Crippen MR) is 154 cm³/mol. The molecule has 39 heavy (non-hydrogen) atoms. The molecule has 206 valence electrons. The molecule has 4 aromatic rings. The number of ether oxygens (including phenoxy) is 2. The minimum atomic E-state index is -0.0931. The van der Waals surface area contributed by atoms with Crippen LogP contribution in [0.4, 0.5) is 11.6 Å². The maximum absolute atomic E-state index is 6.20. The van der Waals surface area contributed by atoms with Crippen LogP contribution in [-0.2, 0) is 23.1 Å². The summed E-state index contributed by atoms with van der Waals surface area (Å²) < 4.78 is 13.5. The lowest BCUT2D eigenvalue weighted by Gasteiger charge is -2.39. The fraction of sp³-hybridized carbons (Fsp3) is 0.517. The molecule has 0 bridgehead atoms. The molecule has 2 fully saturated rings. The van der Waals surface area contributed by atoms with Crippen LogP contribution >= 0.6 is 0 Å². The maximum atomic E-state index is 6.20. The summed E-state index contributed by atoms with van der Waals surface area (Å²) >= 11 is 0. The van der Waals surface area contributed by atoms with Crippen molar-refractivity contribution in [1.29, 1.82) is 0 Å². The van der Waals surface area contributed by atoms with Crippen molar-refractivity contribution in [3.05, 3.63) is 36.3 Å². The van der Waals surface area contributed by atoms with Gasteiger partial charge in [-0.3, -0.25) is 4.90 Å². The summed E-state index contributed by atoms with van der Waals surface area (Å²) in [6.07, 6.45) is 4.01. The standard InChI is InChI=1S/C29H38N8O2/c1-29(2,38-4)19-9-11-36(12-10-19)18-23-32-24-27(35(23)3)33-26(34-28(24)37-13-15-39-16-14-37)22-17-31-25(30)21-8-6-5-7-20(21)22/h5-8,17,19H,9-16,18H2,1-4H3,(H2,30,31). The lowest BCUT2D eigenvalue weighted by molar-refractivity contribution is -0.0495. The van der Waals surface area contributed by atoms with Gasteiger partial charge in [0.2, 0.25) is 0 Å². The Hall–Kier alpha value is -3.34. The zero-order valence-electron chi connectivity index (χ0n) is 23.4. The van der Waals surface area contributed by atoms with Crippen LogP contribution in [-0.4, -0.2) is 81.5 Å². The van der Waals surface area contributed by atoms with Crippen LogP contribution in [0.1, 0.15) is 32.5 Å². The predicted octanol–water partition coefficient (Wildman–Crippen LogP) is 3.63. The average Bonchev–Trinajstić information content (AvgIpc) is 3.28. The molecule has 0 radical (unpaired) electrons. The second-order valence-electron chi connectivity index (χ2n) is 11.2. The van der Waals surface area contributed by atoms with Crippen LogP contribution in [0.3, 0.4) is 0 Å². The third-order valence-electron chi connectivity index (χ3n) is 8.63. The molecule has 0 saturated carbocycles. The molecule has 5 heterocycles. The number of pyridine rings is 1. The number of methoxy groups -OCH3 is 1. The molecule has 0 aliphatic carbocycles. The van der Waals surface area contributed by atoms with E-state index in [4.69, 9.17) is 30.2 Å². The number of nitrogens with zero attached hydrogens (tertiary/aromatic N) is 7. The van der Waals surface area contributed by atoms with Crippen molar-refractivity contribution in [2.75, 3.05) is 57.1 Å². The first kappa shape index (κ1) is 25.9. The monoisotopic (exact) mass is 530 g/mol. The zero-order chi connectivity index (χ0) is 27.1. The first-order valence-electron chi connectivity index (χ1n) is 13.8. The fourth-order valence-electron chi connectivity index (χ4n) is 5.89. The molecule has 2 aliphatic heterocycles. The highest BCUT2D eigenvalue weighted by Gasteiger charge is 2.33. The summed E-state index contributed by atoms with van der Waals surface area (Å²) in [4.78, 5) is 24.5. The molecule has 3 aromatic heterocycles. The number of likely N-dealkylation sites (tertiary alicyclic amines) is 1. The van der Waals surface area contributed by atoms with Crippen molar-refractivity contribution < 1.29 is 9.47 Å². The molecule has 0 spiro atoms. The highest BCUT2D eigenvalue weighted by molar-refractivity contribution is 6.00. The van der Waals surface area contributed by atoms with E-state index in [1.807, 2.05) is 31.4 Å². The molecular formula is C29H38N8O2. The topological polar surface area (TPSA) is 107 Å². The molecule has 6 rings (SSSR count). The maximum Gasteiger partial charge on any atom is 0.166 e. The largest absolute Gasteiger partial charge is 0.383 e. The number of anilines is 2. The van der Waals surface area contributed by atoms with Gasteiger partial charge >= 0.3 is 0 Å². The number of fused-ring (bicyclic) bond motifs is 2. The fourth-order valence-corrected chi connectivity index (χ4v) is 5.89. The Labute approximate surface area is 229 Å². The van der Waals surface area contributed by atoms with Crippen molar-refractivity contribution in [1.82, 2.24) is 29.4 Å². The van der Waals surface area contributed by atoms with Crippen LogP contribution in [0.15, 0.2) is 30.5 Å². The summed E-state index contributed by atoms with van der Waals surface area (Å²) in [6.45, 7) is 10.1. The van der Waals surface area contributed by atoms with Crippen LogP contribution in [0.25, 0.3) is 33.3 Å². The number of morpholine rings is 1. The highest BCUT2D eigenvalue weighted by atomic mass is 16.5. The van der Waals surface area contributed by atoms with Crippen molar-refractivity contribution in [2.24, 2.45) is 13.0 Å². The summed E-state index contributed by atoms with van der Waals surface area (Å²) in [5.74, 6) is 3.54. The quantitative estimate of drug-likeness (QED) is 0.400. The van der Waals surface area contributed by atoms with E-state index in [2.05, 4.69) is 40.2 Å². The Morgan fingerprint density at radius 2 is 1.74 bits per heavy atom. The van der Waals surface area contributed by atoms with Gasteiger partial charge in [-0.25, -0.2) is 19.9 Å². The van der Waals surface area contributed by atoms with Gasteiger partial charge in [0, 0.05) is 44.4 Å². The number of rotatable bonds is 6. The number of hydrogen-bond acceptors (Lipinski definition) is 9. The lowest BCUT2D eigenvalue weighted by atomic mass is 9.83. The molecule has 2 saturated heterocycles. The Balaban J connectivity index is 1.39. The van der Waals surface area contributed by atoms with Crippen LogP contribution in [0.5, 0.6) is 0 Å². The second-order valence-corrected chi connectivity index (χ2v) is 11.2. The Kier molecular flexibility index (Phi) is 6.86. The smallest absolute Gasteiger partial charge is 0.166 e. The Bertz CT molecular complexity index is 1490. The highest BCUT2D eigenvalue weighted by Crippen LogP contribution is 2.34. The third kappa shape index (κ3) is 4.81. The summed E-state index contributed by atoms with van der Waals surface area (Å²) in [6, 6.07) is 8.02. The second kappa shape index (κ2) is 10.3. The van der Waals surface area contributed by atoms with Crippen molar-refractivity contribution in [3.8, 4) is 11.4 Å². The number of imidazole rings is 1. The molecule has 0 amide bonds. The van der Waals surface area contributed by atoms with E-state index in [-0.39, 0.29) is 5.60 Å². The number of aryl methyl sites for hydroxylation is 1. The normalized spacial score (nSPS) is 17.9. The van der Waals surface area contributed by atoms with Crippen molar-refractivity contribution in [3.63, 3.8) is 0 Å². The summed E-state index contributed by atoms with van der Waals surface area (Å²) in [7, 11) is 3.88. The van der Waals surface area contributed by atoms with Gasteiger partial charge in [-0.15, -0.1) is 0 Å². The van der Waals surface area contributed by atoms with E-state index in [1.54, 1.807) is 6.20 Å². The molecule has 2 aliphatic rings. The first-order chi connectivity index (χ1) is 18.9. The molecule has 10 heteroatoms. The summed E-state index contributed by atoms with van der Waals surface area (Å²) in [5, 5.41) is 1.89. The van der Waals surface area contributed by atoms with Crippen molar-refractivity contribution in [2.45, 2.75) is 38.8 Å². The van der Waals surface area contributed by atoms with Gasteiger partial charge in [0.25, 0.3) is 0 Å². The molecule has 1 aromatic carbocycles. The number of piperidine rings is 1. The average molecular weight is 531 g/mol. The van der Waals surface area contributed by atoms with Gasteiger partial charge in [-0.1, -0.05) is 24.3 Å². The van der Waals surface area contributed by atoms with Crippen LogP contribution in [0, 0.1) is 5.92 Å². The van der Waals surface area contributed by atoms with E-state index in [9.17, 15) is 0 Å². The number of nitrogens with two attached hydrogens (primary N) is 1. The number of hydrogen-bond donors (Lipinski definition) is 1. The molecule has 10 nitrogen and oxygen atoms in total. The van der Waals surface area contributed by atoms with E-state index >= 15 is 0 Å². The number of nitrogen functional groups attached to an aromatic ring is 1. The van der Waals surface area contributed by atoms with Gasteiger partial charge < -0.3 is 24.7 Å². The first-order valence-corrected chi connectivity index (χ1v) is 13.8. The molecule has 0 unspecified atom stereocenters. The summed E-state index contributed by atoms with van der Waals surface area (Å²) in [5.41, 5.74) is 8.63. The van der Waals surface area contributed by atoms with E-state index in [0.717, 1.165) is 84.7 Å². The molecular weight excluding hydrogens is 492 g/mol. The third-order valence-corrected chi connectivity index (χ3v) is 8.63.